The average Bonchev–Trinajstić information content (AvgIpc) is 1.95. The second kappa shape index (κ2) is 2.49. The maximum atomic E-state index is 9.81. The number of allylic oxidation sites excluding steroid dienone is 2. The van der Waals surface area contributed by atoms with Crippen molar-refractivity contribution in [2.24, 2.45) is 5.92 Å². The molecular formula is C10H16O. The first-order valence-electron chi connectivity index (χ1n) is 4.04. The van der Waals surface area contributed by atoms with E-state index >= 15 is 0 Å². The summed E-state index contributed by atoms with van der Waals surface area (Å²) in [5, 5.41) is 9.81. The van der Waals surface area contributed by atoms with Crippen LogP contribution >= 0.6 is 0 Å². The van der Waals surface area contributed by atoms with Gasteiger partial charge in [0.05, 0.1) is 5.60 Å². The minimum Gasteiger partial charge on any atom is -0.385 e. The van der Waals surface area contributed by atoms with Gasteiger partial charge >= 0.3 is 0 Å². The third kappa shape index (κ3) is 1.38. The van der Waals surface area contributed by atoms with Gasteiger partial charge in [-0.2, -0.15) is 0 Å². The van der Waals surface area contributed by atoms with Crippen molar-refractivity contribution in [3.63, 3.8) is 0 Å². The molecule has 0 saturated heterocycles. The van der Waals surface area contributed by atoms with Crippen LogP contribution in [0.15, 0.2) is 23.3 Å². The Labute approximate surface area is 68.4 Å². The molecule has 0 bridgehead atoms. The molecule has 0 aliphatic heterocycles. The standard InChI is InChI=1S/C10H16O/c1-7-5-6-10(4,11)9(3)8(7)2/h5-6,9,11H,1-4H3. The molecule has 1 aliphatic carbocycles. The van der Waals surface area contributed by atoms with E-state index in [1.165, 1.54) is 11.1 Å². The summed E-state index contributed by atoms with van der Waals surface area (Å²) in [5.74, 6) is 0.243. The van der Waals surface area contributed by atoms with Crippen LogP contribution < -0.4 is 0 Å². The molecular weight excluding hydrogens is 136 g/mol. The van der Waals surface area contributed by atoms with Crippen LogP contribution in [0.2, 0.25) is 0 Å². The molecule has 1 rings (SSSR count). The monoisotopic (exact) mass is 152 g/mol. The Kier molecular flexibility index (Phi) is 1.93. The van der Waals surface area contributed by atoms with Crippen molar-refractivity contribution in [1.29, 1.82) is 0 Å². The summed E-state index contributed by atoms with van der Waals surface area (Å²) in [6.07, 6.45) is 3.87. The smallest absolute Gasteiger partial charge is 0.0865 e. The van der Waals surface area contributed by atoms with E-state index in [1.54, 1.807) is 0 Å². The Morgan fingerprint density at radius 3 is 2.45 bits per heavy atom. The van der Waals surface area contributed by atoms with Crippen molar-refractivity contribution in [2.75, 3.05) is 0 Å². The molecule has 1 heteroatoms. The lowest BCUT2D eigenvalue weighted by atomic mass is 9.79. The van der Waals surface area contributed by atoms with E-state index in [9.17, 15) is 5.11 Å². The Morgan fingerprint density at radius 2 is 2.00 bits per heavy atom. The number of hydrogen-bond acceptors (Lipinski definition) is 1. The fourth-order valence-corrected chi connectivity index (χ4v) is 1.35. The Bertz CT molecular complexity index is 221. The first-order valence-corrected chi connectivity index (χ1v) is 4.04. The van der Waals surface area contributed by atoms with Crippen molar-refractivity contribution in [3.05, 3.63) is 23.3 Å². The summed E-state index contributed by atoms with van der Waals surface area (Å²) in [4.78, 5) is 0. The lowest BCUT2D eigenvalue weighted by Gasteiger charge is -2.32. The van der Waals surface area contributed by atoms with Crippen molar-refractivity contribution in [2.45, 2.75) is 33.3 Å². The van der Waals surface area contributed by atoms with Crippen LogP contribution in [0.3, 0.4) is 0 Å². The van der Waals surface area contributed by atoms with Crippen LogP contribution in [-0.4, -0.2) is 10.7 Å². The van der Waals surface area contributed by atoms with Crippen molar-refractivity contribution in [1.82, 2.24) is 0 Å². The molecule has 0 aromatic carbocycles. The number of rotatable bonds is 0. The lowest BCUT2D eigenvalue weighted by molar-refractivity contribution is 0.0675. The number of aliphatic hydroxyl groups is 1. The van der Waals surface area contributed by atoms with Gasteiger partial charge in [0.1, 0.15) is 0 Å². The highest BCUT2D eigenvalue weighted by atomic mass is 16.3. The second-order valence-corrected chi connectivity index (χ2v) is 3.65. The van der Waals surface area contributed by atoms with Gasteiger partial charge in [0, 0.05) is 5.92 Å². The molecule has 62 valence electrons. The fourth-order valence-electron chi connectivity index (χ4n) is 1.35. The van der Waals surface area contributed by atoms with E-state index in [1.807, 2.05) is 19.1 Å². The molecule has 0 radical (unpaired) electrons. The van der Waals surface area contributed by atoms with E-state index in [0.29, 0.717) is 0 Å². The summed E-state index contributed by atoms with van der Waals surface area (Å²) in [6, 6.07) is 0. The maximum Gasteiger partial charge on any atom is 0.0865 e. The molecule has 0 aromatic heterocycles. The second-order valence-electron chi connectivity index (χ2n) is 3.65. The Hall–Kier alpha value is -0.560. The number of hydrogen-bond donors (Lipinski definition) is 1. The molecule has 0 fully saturated rings. The molecule has 0 saturated carbocycles. The summed E-state index contributed by atoms with van der Waals surface area (Å²) >= 11 is 0. The van der Waals surface area contributed by atoms with Crippen LogP contribution in [0.25, 0.3) is 0 Å². The van der Waals surface area contributed by atoms with E-state index in [4.69, 9.17) is 0 Å². The minimum atomic E-state index is -0.649. The first-order chi connectivity index (χ1) is 4.95. The molecule has 2 atom stereocenters. The van der Waals surface area contributed by atoms with Gasteiger partial charge in [0.15, 0.2) is 0 Å². The first kappa shape index (κ1) is 8.54. The fraction of sp³-hybridized carbons (Fsp3) is 0.600. The molecule has 0 spiro atoms. The zero-order valence-electron chi connectivity index (χ0n) is 7.68. The van der Waals surface area contributed by atoms with E-state index in [2.05, 4.69) is 20.8 Å². The van der Waals surface area contributed by atoms with Gasteiger partial charge in [-0.3, -0.25) is 0 Å². The zero-order valence-corrected chi connectivity index (χ0v) is 7.68. The van der Waals surface area contributed by atoms with Crippen LogP contribution in [0.1, 0.15) is 27.7 Å². The van der Waals surface area contributed by atoms with Crippen LogP contribution in [-0.2, 0) is 0 Å². The molecule has 1 aliphatic rings. The van der Waals surface area contributed by atoms with Crippen molar-refractivity contribution >= 4 is 0 Å². The van der Waals surface area contributed by atoms with Crippen LogP contribution in [0, 0.1) is 5.92 Å². The predicted octanol–water partition coefficient (Wildman–Crippen LogP) is 2.28. The third-order valence-corrected chi connectivity index (χ3v) is 2.82. The molecule has 11 heavy (non-hydrogen) atoms. The summed E-state index contributed by atoms with van der Waals surface area (Å²) in [6.45, 7) is 8.07. The SMILES string of the molecule is CC1=C(C)C(C)C(C)(O)C=C1. The van der Waals surface area contributed by atoms with Crippen molar-refractivity contribution in [3.8, 4) is 0 Å². The van der Waals surface area contributed by atoms with E-state index in [0.717, 1.165) is 0 Å². The van der Waals surface area contributed by atoms with Crippen molar-refractivity contribution < 1.29 is 5.11 Å². The average molecular weight is 152 g/mol. The lowest BCUT2D eigenvalue weighted by Crippen LogP contribution is -2.33. The highest BCUT2D eigenvalue weighted by Crippen LogP contribution is 2.31. The highest BCUT2D eigenvalue weighted by molar-refractivity contribution is 5.33. The normalized spacial score (nSPS) is 38.1. The molecule has 1 nitrogen and oxygen atoms in total. The predicted molar refractivity (Wildman–Crippen MR) is 47.3 cm³/mol. The summed E-state index contributed by atoms with van der Waals surface area (Å²) in [7, 11) is 0. The maximum absolute atomic E-state index is 9.81. The molecule has 2 unspecified atom stereocenters. The Balaban J connectivity index is 3.01. The largest absolute Gasteiger partial charge is 0.385 e. The molecule has 0 amide bonds. The van der Waals surface area contributed by atoms with Gasteiger partial charge in [-0.1, -0.05) is 30.2 Å². The third-order valence-electron chi connectivity index (χ3n) is 2.82. The van der Waals surface area contributed by atoms with Crippen LogP contribution in [0.4, 0.5) is 0 Å². The molecule has 0 aromatic rings. The van der Waals surface area contributed by atoms with Crippen LogP contribution in [0.5, 0.6) is 0 Å². The van der Waals surface area contributed by atoms with Gasteiger partial charge < -0.3 is 5.11 Å². The van der Waals surface area contributed by atoms with Gasteiger partial charge in [0.2, 0.25) is 0 Å². The van der Waals surface area contributed by atoms with Gasteiger partial charge in [0.25, 0.3) is 0 Å². The minimum absolute atomic E-state index is 0.243. The topological polar surface area (TPSA) is 20.2 Å². The zero-order chi connectivity index (χ0) is 8.65. The highest BCUT2D eigenvalue weighted by Gasteiger charge is 2.29. The summed E-state index contributed by atoms with van der Waals surface area (Å²) < 4.78 is 0. The van der Waals surface area contributed by atoms with Gasteiger partial charge in [-0.15, -0.1) is 0 Å². The quantitative estimate of drug-likeness (QED) is 0.564. The molecule has 0 heterocycles. The van der Waals surface area contributed by atoms with E-state index in [-0.39, 0.29) is 5.92 Å². The van der Waals surface area contributed by atoms with Gasteiger partial charge in [-0.25, -0.2) is 0 Å². The molecule has 1 N–H and O–H groups in total. The van der Waals surface area contributed by atoms with Gasteiger partial charge in [-0.05, 0) is 20.8 Å². The van der Waals surface area contributed by atoms with E-state index < -0.39 is 5.60 Å². The summed E-state index contributed by atoms with van der Waals surface area (Å²) in [5.41, 5.74) is 1.92. The Morgan fingerprint density at radius 1 is 1.45 bits per heavy atom.